The summed E-state index contributed by atoms with van der Waals surface area (Å²) in [6.07, 6.45) is 3.02. The Hall–Kier alpha value is -2.13. The van der Waals surface area contributed by atoms with Crippen LogP contribution in [0.5, 0.6) is 0 Å². The third-order valence-corrected chi connectivity index (χ3v) is 5.90. The van der Waals surface area contributed by atoms with Gasteiger partial charge in [0.05, 0.1) is 24.7 Å². The van der Waals surface area contributed by atoms with Crippen molar-refractivity contribution >= 4 is 6.03 Å². The van der Waals surface area contributed by atoms with E-state index in [1.165, 1.54) is 5.01 Å². The standard InChI is InChI=1S/C20H30N6O2/c1-20(2)16-10-22-18(23-15-8-9-28-13-15)24-17(16)12-25(20)19(27)26(21)11-14-6-4-3-5-7-14/h3-7,10,15,17-18,22-24H,8-9,11-13,21H2,1-2H3. The summed E-state index contributed by atoms with van der Waals surface area (Å²) in [5, 5.41) is 11.8. The number of nitrogens with one attached hydrogen (secondary N) is 3. The highest BCUT2D eigenvalue weighted by Crippen LogP contribution is 2.35. The number of carbonyl (C=O) groups excluding carboxylic acids is 1. The van der Waals surface area contributed by atoms with Gasteiger partial charge in [0.1, 0.15) is 6.29 Å². The number of hydrogen-bond donors (Lipinski definition) is 4. The number of benzene rings is 1. The number of rotatable bonds is 4. The van der Waals surface area contributed by atoms with Crippen molar-refractivity contribution in [2.75, 3.05) is 19.8 Å². The molecule has 3 unspecified atom stereocenters. The van der Waals surface area contributed by atoms with Crippen LogP contribution in [-0.4, -0.2) is 59.6 Å². The van der Waals surface area contributed by atoms with Crippen LogP contribution < -0.4 is 21.8 Å². The Kier molecular flexibility index (Phi) is 5.29. The summed E-state index contributed by atoms with van der Waals surface area (Å²) in [7, 11) is 0. The molecule has 4 rings (SSSR count). The Bertz CT molecular complexity index is 731. The quantitative estimate of drug-likeness (QED) is 0.345. The van der Waals surface area contributed by atoms with Gasteiger partial charge in [-0.3, -0.25) is 15.6 Å². The second kappa shape index (κ2) is 7.71. The van der Waals surface area contributed by atoms with Gasteiger partial charge >= 0.3 is 6.03 Å². The van der Waals surface area contributed by atoms with Crippen molar-refractivity contribution in [1.82, 2.24) is 25.9 Å². The molecular weight excluding hydrogens is 356 g/mol. The SMILES string of the molecule is CC1(C)C2=CNC(NC3CCOC3)NC2CN1C(=O)N(N)Cc1ccccc1. The maximum absolute atomic E-state index is 13.1. The van der Waals surface area contributed by atoms with Crippen LogP contribution in [0.1, 0.15) is 25.8 Å². The highest BCUT2D eigenvalue weighted by Gasteiger charge is 2.48. The highest BCUT2D eigenvalue weighted by molar-refractivity contribution is 5.76. The summed E-state index contributed by atoms with van der Waals surface area (Å²) in [5.74, 6) is 6.14. The van der Waals surface area contributed by atoms with E-state index in [0.29, 0.717) is 19.1 Å². The highest BCUT2D eigenvalue weighted by atomic mass is 16.5. The van der Waals surface area contributed by atoms with Crippen LogP contribution in [0, 0.1) is 0 Å². The molecule has 8 nitrogen and oxygen atoms in total. The fraction of sp³-hybridized carbons (Fsp3) is 0.550. The molecule has 3 heterocycles. The number of nitrogens with two attached hydrogens (primary N) is 1. The number of fused-ring (bicyclic) bond motifs is 1. The molecule has 3 aliphatic rings. The van der Waals surface area contributed by atoms with Gasteiger partial charge in [0, 0.05) is 25.4 Å². The molecule has 2 fully saturated rings. The first-order valence-corrected chi connectivity index (χ1v) is 9.89. The van der Waals surface area contributed by atoms with Gasteiger partial charge in [0.25, 0.3) is 0 Å². The molecule has 3 aliphatic heterocycles. The smallest absolute Gasteiger partial charge is 0.335 e. The second-order valence-electron chi connectivity index (χ2n) is 8.21. The third-order valence-electron chi connectivity index (χ3n) is 5.90. The zero-order valence-corrected chi connectivity index (χ0v) is 16.5. The van der Waals surface area contributed by atoms with E-state index in [1.807, 2.05) is 41.4 Å². The fourth-order valence-electron chi connectivity index (χ4n) is 4.25. The molecule has 2 amide bonds. The fourth-order valence-corrected chi connectivity index (χ4v) is 4.25. The number of hydrazine groups is 1. The van der Waals surface area contributed by atoms with Crippen LogP contribution in [0.25, 0.3) is 0 Å². The average molecular weight is 387 g/mol. The first-order valence-electron chi connectivity index (χ1n) is 9.89. The number of amides is 2. The monoisotopic (exact) mass is 386 g/mol. The lowest BCUT2D eigenvalue weighted by molar-refractivity contribution is 0.129. The lowest BCUT2D eigenvalue weighted by Gasteiger charge is -2.36. The number of urea groups is 1. The minimum Gasteiger partial charge on any atom is -0.380 e. The number of hydrogen-bond acceptors (Lipinski definition) is 6. The summed E-state index contributed by atoms with van der Waals surface area (Å²) in [5.41, 5.74) is 1.75. The molecular formula is C20H30N6O2. The van der Waals surface area contributed by atoms with Crippen molar-refractivity contribution in [1.29, 1.82) is 0 Å². The normalized spacial score (nSPS) is 28.5. The lowest BCUT2D eigenvalue weighted by atomic mass is 9.92. The van der Waals surface area contributed by atoms with Gasteiger partial charge in [-0.15, -0.1) is 0 Å². The molecule has 0 aromatic heterocycles. The molecule has 1 aromatic rings. The Morgan fingerprint density at radius 1 is 1.39 bits per heavy atom. The minimum atomic E-state index is -0.419. The van der Waals surface area contributed by atoms with Gasteiger partial charge in [0.2, 0.25) is 0 Å². The van der Waals surface area contributed by atoms with E-state index in [1.54, 1.807) is 0 Å². The third kappa shape index (κ3) is 3.73. The predicted molar refractivity (Wildman–Crippen MR) is 107 cm³/mol. The van der Waals surface area contributed by atoms with Crippen molar-refractivity contribution in [3.05, 3.63) is 47.7 Å². The average Bonchev–Trinajstić information content (AvgIpc) is 3.27. The Balaban J connectivity index is 1.41. The van der Waals surface area contributed by atoms with Gasteiger partial charge in [-0.1, -0.05) is 30.3 Å². The number of ether oxygens (including phenoxy) is 1. The minimum absolute atomic E-state index is 0.0374. The van der Waals surface area contributed by atoms with Crippen LogP contribution >= 0.6 is 0 Å². The first-order chi connectivity index (χ1) is 13.4. The molecule has 0 spiro atoms. The number of likely N-dealkylation sites (tertiary alicyclic amines) is 1. The molecule has 5 N–H and O–H groups in total. The van der Waals surface area contributed by atoms with E-state index in [9.17, 15) is 4.79 Å². The van der Waals surface area contributed by atoms with Crippen molar-refractivity contribution in [2.24, 2.45) is 5.84 Å². The van der Waals surface area contributed by atoms with E-state index in [0.717, 1.165) is 30.8 Å². The molecule has 0 aliphatic carbocycles. The second-order valence-corrected chi connectivity index (χ2v) is 8.21. The van der Waals surface area contributed by atoms with Crippen LogP contribution in [0.2, 0.25) is 0 Å². The van der Waals surface area contributed by atoms with Crippen molar-refractivity contribution in [2.45, 2.75) is 50.7 Å². The van der Waals surface area contributed by atoms with Gasteiger partial charge in [-0.05, 0) is 31.4 Å². The molecule has 3 atom stereocenters. The molecule has 0 saturated carbocycles. The van der Waals surface area contributed by atoms with Gasteiger partial charge < -0.3 is 15.0 Å². The molecule has 28 heavy (non-hydrogen) atoms. The van der Waals surface area contributed by atoms with E-state index < -0.39 is 5.54 Å². The molecule has 1 aromatic carbocycles. The zero-order valence-electron chi connectivity index (χ0n) is 16.5. The molecule has 0 bridgehead atoms. The predicted octanol–water partition coefficient (Wildman–Crippen LogP) is 0.684. The van der Waals surface area contributed by atoms with Crippen LogP contribution in [0.3, 0.4) is 0 Å². The lowest BCUT2D eigenvalue weighted by Crippen LogP contribution is -2.60. The molecule has 0 radical (unpaired) electrons. The molecule has 2 saturated heterocycles. The van der Waals surface area contributed by atoms with E-state index in [-0.39, 0.29) is 18.4 Å². The van der Waals surface area contributed by atoms with E-state index in [2.05, 4.69) is 29.8 Å². The summed E-state index contributed by atoms with van der Waals surface area (Å²) in [6, 6.07) is 10.1. The summed E-state index contributed by atoms with van der Waals surface area (Å²) in [4.78, 5) is 14.9. The van der Waals surface area contributed by atoms with Crippen molar-refractivity contribution in [3.8, 4) is 0 Å². The Morgan fingerprint density at radius 3 is 2.89 bits per heavy atom. The number of nitrogens with zero attached hydrogens (tertiary/aromatic N) is 2. The largest absolute Gasteiger partial charge is 0.380 e. The Labute approximate surface area is 166 Å². The van der Waals surface area contributed by atoms with Crippen LogP contribution in [-0.2, 0) is 11.3 Å². The Morgan fingerprint density at radius 2 is 2.18 bits per heavy atom. The zero-order chi connectivity index (χ0) is 19.7. The number of carbonyl (C=O) groups is 1. The van der Waals surface area contributed by atoms with Crippen LogP contribution in [0.4, 0.5) is 4.79 Å². The molecule has 152 valence electrons. The first kappa shape index (κ1) is 19.2. The van der Waals surface area contributed by atoms with Gasteiger partial charge in [-0.25, -0.2) is 10.6 Å². The van der Waals surface area contributed by atoms with Gasteiger partial charge in [-0.2, -0.15) is 0 Å². The summed E-state index contributed by atoms with van der Waals surface area (Å²) in [6.45, 7) is 6.63. The van der Waals surface area contributed by atoms with E-state index >= 15 is 0 Å². The molecule has 8 heteroatoms. The maximum Gasteiger partial charge on any atom is 0.335 e. The van der Waals surface area contributed by atoms with Gasteiger partial charge in [0.15, 0.2) is 0 Å². The van der Waals surface area contributed by atoms with E-state index in [4.69, 9.17) is 10.6 Å². The summed E-state index contributed by atoms with van der Waals surface area (Å²) < 4.78 is 5.44. The van der Waals surface area contributed by atoms with Crippen molar-refractivity contribution < 1.29 is 9.53 Å². The topological polar surface area (TPSA) is 94.9 Å². The van der Waals surface area contributed by atoms with Crippen LogP contribution in [0.15, 0.2) is 42.1 Å². The van der Waals surface area contributed by atoms with Crippen molar-refractivity contribution in [3.63, 3.8) is 0 Å². The summed E-state index contributed by atoms with van der Waals surface area (Å²) >= 11 is 0. The maximum atomic E-state index is 13.1.